The van der Waals surface area contributed by atoms with Gasteiger partial charge in [0.1, 0.15) is 23.0 Å². The number of aryl methyl sites for hydroxylation is 3. The molecular formula is C23H24N2O2. The highest BCUT2D eigenvalue weighted by Crippen LogP contribution is 2.33. The molecule has 1 N–H and O–H groups in total. The number of hydrogen-bond acceptors (Lipinski definition) is 3. The van der Waals surface area contributed by atoms with Gasteiger partial charge in [0.25, 0.3) is 5.91 Å². The van der Waals surface area contributed by atoms with Gasteiger partial charge in [-0.3, -0.25) is 4.79 Å². The highest BCUT2D eigenvalue weighted by molar-refractivity contribution is 6.10. The van der Waals surface area contributed by atoms with Crippen molar-refractivity contribution in [2.24, 2.45) is 0 Å². The van der Waals surface area contributed by atoms with Crippen molar-refractivity contribution in [1.29, 1.82) is 5.26 Å². The van der Waals surface area contributed by atoms with Crippen LogP contribution in [0.5, 0.6) is 5.75 Å². The smallest absolute Gasteiger partial charge is 0.266 e. The molecule has 1 aliphatic heterocycles. The first-order valence-corrected chi connectivity index (χ1v) is 9.10. The predicted octanol–water partition coefficient (Wildman–Crippen LogP) is 4.95. The highest BCUT2D eigenvalue weighted by Gasteiger charge is 2.26. The normalized spacial score (nSPS) is 15.3. The summed E-state index contributed by atoms with van der Waals surface area (Å²) >= 11 is 0. The summed E-state index contributed by atoms with van der Waals surface area (Å²) in [7, 11) is 0. The summed E-state index contributed by atoms with van der Waals surface area (Å²) in [5, 5.41) is 12.3. The van der Waals surface area contributed by atoms with E-state index in [0.29, 0.717) is 5.69 Å². The van der Waals surface area contributed by atoms with Crippen LogP contribution >= 0.6 is 0 Å². The predicted molar refractivity (Wildman–Crippen MR) is 108 cm³/mol. The molecular weight excluding hydrogens is 336 g/mol. The van der Waals surface area contributed by atoms with Crippen molar-refractivity contribution in [2.75, 3.05) is 5.32 Å². The zero-order chi connectivity index (χ0) is 19.6. The molecule has 4 heteroatoms. The summed E-state index contributed by atoms with van der Waals surface area (Å²) < 4.78 is 5.99. The number of rotatable bonds is 3. The van der Waals surface area contributed by atoms with Crippen molar-refractivity contribution in [3.63, 3.8) is 0 Å². The van der Waals surface area contributed by atoms with Crippen LogP contribution in [0.4, 0.5) is 5.69 Å². The maximum absolute atomic E-state index is 12.5. The van der Waals surface area contributed by atoms with E-state index in [2.05, 4.69) is 19.2 Å². The lowest BCUT2D eigenvalue weighted by molar-refractivity contribution is -0.112. The molecule has 1 aliphatic rings. The fourth-order valence-corrected chi connectivity index (χ4v) is 3.23. The van der Waals surface area contributed by atoms with E-state index in [4.69, 9.17) is 4.74 Å². The summed E-state index contributed by atoms with van der Waals surface area (Å²) in [6.07, 6.45) is 3.48. The number of nitrogens with zero attached hydrogens (tertiary/aromatic N) is 1. The van der Waals surface area contributed by atoms with E-state index in [1.807, 2.05) is 56.3 Å². The zero-order valence-corrected chi connectivity index (χ0v) is 16.2. The fraction of sp³-hybridized carbons (Fsp3) is 0.304. The van der Waals surface area contributed by atoms with Crippen molar-refractivity contribution in [3.05, 3.63) is 64.2 Å². The van der Waals surface area contributed by atoms with Crippen molar-refractivity contribution in [1.82, 2.24) is 0 Å². The Labute approximate surface area is 160 Å². The van der Waals surface area contributed by atoms with Crippen molar-refractivity contribution in [2.45, 2.75) is 46.1 Å². The number of carbonyl (C=O) groups excluding carboxylic acids is 1. The molecule has 138 valence electrons. The lowest BCUT2D eigenvalue weighted by Crippen LogP contribution is -2.32. The van der Waals surface area contributed by atoms with Gasteiger partial charge in [0.15, 0.2) is 0 Å². The Kier molecular flexibility index (Phi) is 5.05. The topological polar surface area (TPSA) is 62.1 Å². The summed E-state index contributed by atoms with van der Waals surface area (Å²) in [6, 6.07) is 13.6. The molecule has 1 amide bonds. The van der Waals surface area contributed by atoms with E-state index in [-0.39, 0.29) is 11.2 Å². The van der Waals surface area contributed by atoms with Gasteiger partial charge in [-0.25, -0.2) is 0 Å². The molecule has 0 bridgehead atoms. The minimum absolute atomic E-state index is 0.0759. The number of anilines is 1. The molecule has 0 atom stereocenters. The van der Waals surface area contributed by atoms with Crippen LogP contribution < -0.4 is 10.1 Å². The molecule has 0 fully saturated rings. The van der Waals surface area contributed by atoms with Crippen molar-refractivity contribution in [3.8, 4) is 11.8 Å². The Balaban J connectivity index is 1.82. The third-order valence-electron chi connectivity index (χ3n) is 4.77. The van der Waals surface area contributed by atoms with E-state index in [1.165, 1.54) is 0 Å². The van der Waals surface area contributed by atoms with Gasteiger partial charge in [0.2, 0.25) is 0 Å². The standard InChI is InChI=1S/C23H24N2O2/c1-15-5-7-20(16(2)11-15)25-22(26)19(14-24)13-17-6-8-21-18(12-17)9-10-23(3,4)27-21/h5-8,11-13H,9-10H2,1-4H3,(H,25,26). The molecule has 2 aromatic carbocycles. The van der Waals surface area contributed by atoms with E-state index < -0.39 is 5.91 Å². The largest absolute Gasteiger partial charge is 0.488 e. The third-order valence-corrected chi connectivity index (χ3v) is 4.77. The van der Waals surface area contributed by atoms with Crippen LogP contribution in [0.2, 0.25) is 0 Å². The number of benzene rings is 2. The molecule has 0 saturated carbocycles. The molecule has 3 rings (SSSR count). The molecule has 1 heterocycles. The second-order valence-electron chi connectivity index (χ2n) is 7.67. The average molecular weight is 360 g/mol. The second kappa shape index (κ2) is 7.28. The van der Waals surface area contributed by atoms with Gasteiger partial charge in [-0.2, -0.15) is 5.26 Å². The van der Waals surface area contributed by atoms with Gasteiger partial charge in [-0.1, -0.05) is 23.8 Å². The maximum atomic E-state index is 12.5. The molecule has 0 aliphatic carbocycles. The second-order valence-corrected chi connectivity index (χ2v) is 7.67. The lowest BCUT2D eigenvalue weighted by atomic mass is 9.93. The monoisotopic (exact) mass is 360 g/mol. The van der Waals surface area contributed by atoms with Gasteiger partial charge >= 0.3 is 0 Å². The first-order chi connectivity index (χ1) is 12.8. The van der Waals surface area contributed by atoms with Crippen LogP contribution in [0, 0.1) is 25.2 Å². The minimum atomic E-state index is -0.403. The van der Waals surface area contributed by atoms with Crippen LogP contribution in [-0.4, -0.2) is 11.5 Å². The molecule has 2 aromatic rings. The maximum Gasteiger partial charge on any atom is 0.266 e. The number of fused-ring (bicyclic) bond motifs is 1. The van der Waals surface area contributed by atoms with Crippen LogP contribution in [0.1, 0.15) is 42.5 Å². The van der Waals surface area contributed by atoms with Crippen LogP contribution in [0.25, 0.3) is 6.08 Å². The zero-order valence-electron chi connectivity index (χ0n) is 16.2. The molecule has 0 saturated heterocycles. The van der Waals surface area contributed by atoms with Crippen LogP contribution in [0.3, 0.4) is 0 Å². The van der Waals surface area contributed by atoms with Gasteiger partial charge < -0.3 is 10.1 Å². The average Bonchev–Trinajstić information content (AvgIpc) is 2.61. The van der Waals surface area contributed by atoms with Gasteiger partial charge in [0.05, 0.1) is 0 Å². The van der Waals surface area contributed by atoms with Crippen molar-refractivity contribution >= 4 is 17.7 Å². The molecule has 4 nitrogen and oxygen atoms in total. The Hall–Kier alpha value is -3.06. The summed E-state index contributed by atoms with van der Waals surface area (Å²) in [6.45, 7) is 8.09. The number of ether oxygens (including phenoxy) is 1. The van der Waals surface area contributed by atoms with Crippen LogP contribution in [-0.2, 0) is 11.2 Å². The summed E-state index contributed by atoms with van der Waals surface area (Å²) in [5.41, 5.74) is 4.66. The number of hydrogen-bond donors (Lipinski definition) is 1. The molecule has 27 heavy (non-hydrogen) atoms. The van der Waals surface area contributed by atoms with Crippen LogP contribution in [0.15, 0.2) is 42.0 Å². The Morgan fingerprint density at radius 2 is 2.00 bits per heavy atom. The molecule has 0 aromatic heterocycles. The summed E-state index contributed by atoms with van der Waals surface area (Å²) in [5.74, 6) is 0.473. The first-order valence-electron chi connectivity index (χ1n) is 9.10. The van der Waals surface area contributed by atoms with E-state index in [1.54, 1.807) is 6.08 Å². The van der Waals surface area contributed by atoms with Gasteiger partial charge in [-0.15, -0.1) is 0 Å². The van der Waals surface area contributed by atoms with Crippen molar-refractivity contribution < 1.29 is 9.53 Å². The molecule has 0 spiro atoms. The molecule has 0 radical (unpaired) electrons. The number of carbonyl (C=O) groups is 1. The van der Waals surface area contributed by atoms with E-state index in [0.717, 1.165) is 40.8 Å². The number of nitrogens with one attached hydrogen (secondary N) is 1. The summed E-state index contributed by atoms with van der Waals surface area (Å²) in [4.78, 5) is 12.5. The SMILES string of the molecule is Cc1ccc(NC(=O)C(C#N)=Cc2ccc3c(c2)CCC(C)(C)O3)c(C)c1. The van der Waals surface area contributed by atoms with E-state index >= 15 is 0 Å². The molecule has 0 unspecified atom stereocenters. The van der Waals surface area contributed by atoms with E-state index in [9.17, 15) is 10.1 Å². The highest BCUT2D eigenvalue weighted by atomic mass is 16.5. The lowest BCUT2D eigenvalue weighted by Gasteiger charge is -2.32. The first kappa shape index (κ1) is 18.7. The van der Waals surface area contributed by atoms with Gasteiger partial charge in [0, 0.05) is 5.69 Å². The Morgan fingerprint density at radius 3 is 2.70 bits per heavy atom. The number of amides is 1. The Morgan fingerprint density at radius 1 is 1.22 bits per heavy atom. The minimum Gasteiger partial charge on any atom is -0.488 e. The number of nitriles is 1. The van der Waals surface area contributed by atoms with Gasteiger partial charge in [-0.05, 0) is 81.5 Å². The quantitative estimate of drug-likeness (QED) is 0.622. The fourth-order valence-electron chi connectivity index (χ4n) is 3.23. The third kappa shape index (κ3) is 4.38. The Bertz CT molecular complexity index is 965.